The Kier molecular flexibility index (Phi) is 13.6. The maximum absolute atomic E-state index is 14.9. The molecule has 5 aliphatic rings. The summed E-state index contributed by atoms with van der Waals surface area (Å²) in [7, 11) is -0.670. The number of fused-ring (bicyclic) bond motifs is 4. The molecule has 7 rings (SSSR count). The van der Waals surface area contributed by atoms with Crippen LogP contribution >= 0.6 is 11.6 Å². The number of aryl methyl sites for hydroxylation is 1. The molecule has 3 heterocycles. The molecule has 2 bridgehead atoms. The number of halogens is 1. The summed E-state index contributed by atoms with van der Waals surface area (Å²) in [5.74, 6) is -0.138. The third kappa shape index (κ3) is 9.68. The highest BCUT2D eigenvalue weighted by Gasteiger charge is 2.45. The largest absolute Gasteiger partial charge is 0.490 e. The van der Waals surface area contributed by atoms with E-state index in [1.165, 1.54) is 23.1 Å². The first-order valence-corrected chi connectivity index (χ1v) is 23.7. The molecule has 2 aliphatic carbocycles. The van der Waals surface area contributed by atoms with Gasteiger partial charge in [0.15, 0.2) is 0 Å². The normalized spacial score (nSPS) is 30.1. The summed E-state index contributed by atoms with van der Waals surface area (Å²) in [4.78, 5) is 59.3. The average Bonchev–Trinajstić information content (AvgIpc) is 3.36. The molecule has 2 aromatic rings. The zero-order valence-electron chi connectivity index (χ0n) is 36.2. The molecule has 16 heteroatoms. The van der Waals surface area contributed by atoms with Gasteiger partial charge in [-0.2, -0.15) is 0 Å². The van der Waals surface area contributed by atoms with Crippen molar-refractivity contribution in [3.63, 3.8) is 0 Å². The van der Waals surface area contributed by atoms with Gasteiger partial charge in [-0.05, 0) is 111 Å². The van der Waals surface area contributed by atoms with Crippen molar-refractivity contribution >= 4 is 51.1 Å². The van der Waals surface area contributed by atoms with E-state index in [1.807, 2.05) is 45.9 Å². The van der Waals surface area contributed by atoms with Gasteiger partial charge in [0.25, 0.3) is 5.91 Å². The molecule has 1 saturated carbocycles. The van der Waals surface area contributed by atoms with E-state index in [-0.39, 0.29) is 60.2 Å². The van der Waals surface area contributed by atoms with Crippen LogP contribution in [0.1, 0.15) is 81.3 Å². The molecular weight excluding hydrogens is 820 g/mol. The van der Waals surface area contributed by atoms with Gasteiger partial charge in [-0.1, -0.05) is 50.6 Å². The molecule has 3 aliphatic heterocycles. The molecule has 2 aromatic carbocycles. The molecule has 5 amide bonds. The second-order valence-corrected chi connectivity index (χ2v) is 20.5. The molecule has 61 heavy (non-hydrogen) atoms. The van der Waals surface area contributed by atoms with Crippen molar-refractivity contribution in [2.24, 2.45) is 28.0 Å². The fourth-order valence-electron chi connectivity index (χ4n) is 9.92. The van der Waals surface area contributed by atoms with Crippen LogP contribution in [0.4, 0.5) is 15.3 Å². The molecule has 0 aromatic heterocycles. The molecule has 2 fully saturated rings. The van der Waals surface area contributed by atoms with E-state index in [1.54, 1.807) is 18.1 Å². The SMILES string of the molecule is COC(=O)N[C@H](C(=O)N1CCN(C(=O)NS2(=O)=NC(=O)c3ccc4c(c3)N(C[C@@H]3CC[C@H]3[C@@H](OC)/C=C/C[C@H](C)C2)C[C@@]2(CCCc3cc(Cl)ccc32)CO4)C[C@@H]1C)C(C)C. The fraction of sp³-hybridized carbons (Fsp3) is 0.600. The molecule has 332 valence electrons. The number of nitrogens with one attached hydrogen (secondary N) is 2. The van der Waals surface area contributed by atoms with Crippen molar-refractivity contribution in [2.75, 3.05) is 64.2 Å². The standard InChI is InChI=1S/C45H61ClN6O8S/c1-28(2)40(47-44(56)59-6)42(54)52-20-19-50(23-30(52)4)43(55)49-61(57)25-29(3)9-7-11-38(58-5)35-15-12-33(35)24-51-26-45(18-8-10-31-21-34(46)14-16-36(31)45)27-60-39-17-13-32(22-37(39)51)41(53)48-61/h7,11,13-14,16-17,21-22,28-30,33,35,38,40H,8-10,12,15,18-20,23-27H2,1-6H3,(H,47,56)(H,48,49,53,55,57)/b11-7+/t29-,30-,33-,35+,38-,40-,45-,61?/m0/s1. The van der Waals surface area contributed by atoms with Gasteiger partial charge >= 0.3 is 12.1 Å². The summed E-state index contributed by atoms with van der Waals surface area (Å²) < 4.78 is 39.4. The second kappa shape index (κ2) is 18.6. The number of amides is 5. The van der Waals surface area contributed by atoms with Crippen LogP contribution in [-0.4, -0.2) is 115 Å². The van der Waals surface area contributed by atoms with Gasteiger partial charge in [0.1, 0.15) is 21.7 Å². The Balaban J connectivity index is 1.18. The van der Waals surface area contributed by atoms with Gasteiger partial charge in [-0.15, -0.1) is 4.36 Å². The Bertz CT molecular complexity index is 2160. The fourth-order valence-corrected chi connectivity index (χ4v) is 12.0. The van der Waals surface area contributed by atoms with E-state index in [4.69, 9.17) is 25.8 Å². The van der Waals surface area contributed by atoms with Gasteiger partial charge in [-0.3, -0.25) is 14.3 Å². The molecule has 0 radical (unpaired) electrons. The number of urea groups is 1. The lowest BCUT2D eigenvalue weighted by atomic mass is 9.68. The van der Waals surface area contributed by atoms with Crippen LogP contribution in [0.2, 0.25) is 5.02 Å². The number of rotatable bonds is 5. The first-order chi connectivity index (χ1) is 29.1. The van der Waals surface area contributed by atoms with E-state index in [2.05, 4.69) is 43.6 Å². The maximum Gasteiger partial charge on any atom is 0.407 e. The van der Waals surface area contributed by atoms with Gasteiger partial charge in [-0.25, -0.2) is 13.8 Å². The predicted octanol–water partition coefficient (Wildman–Crippen LogP) is 6.60. The Morgan fingerprint density at radius 3 is 2.57 bits per heavy atom. The monoisotopic (exact) mass is 880 g/mol. The number of hydrogen-bond acceptors (Lipinski definition) is 9. The minimum absolute atomic E-state index is 0.0616. The first-order valence-electron chi connectivity index (χ1n) is 21.6. The predicted molar refractivity (Wildman–Crippen MR) is 235 cm³/mol. The first kappa shape index (κ1) is 44.7. The van der Waals surface area contributed by atoms with Crippen molar-refractivity contribution in [3.8, 4) is 5.75 Å². The molecular formula is C45H61ClN6O8S. The number of benzene rings is 2. The van der Waals surface area contributed by atoms with Crippen LogP contribution in [0, 0.1) is 23.7 Å². The quantitative estimate of drug-likeness (QED) is 0.316. The number of carbonyl (C=O) groups excluding carboxylic acids is 4. The number of allylic oxidation sites excluding steroid dienone is 1. The zero-order valence-corrected chi connectivity index (χ0v) is 37.8. The van der Waals surface area contributed by atoms with Crippen LogP contribution in [0.3, 0.4) is 0 Å². The molecule has 1 saturated heterocycles. The molecule has 1 unspecified atom stereocenters. The Morgan fingerprint density at radius 1 is 1.07 bits per heavy atom. The van der Waals surface area contributed by atoms with Crippen molar-refractivity contribution in [1.29, 1.82) is 0 Å². The smallest absolute Gasteiger partial charge is 0.407 e. The van der Waals surface area contributed by atoms with E-state index in [0.29, 0.717) is 37.2 Å². The van der Waals surface area contributed by atoms with Crippen LogP contribution < -0.4 is 19.7 Å². The maximum atomic E-state index is 14.9. The van der Waals surface area contributed by atoms with Crippen LogP contribution in [0.25, 0.3) is 0 Å². The van der Waals surface area contributed by atoms with Gasteiger partial charge in [0.2, 0.25) is 5.91 Å². The third-order valence-electron chi connectivity index (χ3n) is 13.4. The van der Waals surface area contributed by atoms with Crippen molar-refractivity contribution < 1.29 is 37.6 Å². The highest BCUT2D eigenvalue weighted by Crippen LogP contribution is 2.47. The highest BCUT2D eigenvalue weighted by atomic mass is 35.5. The van der Waals surface area contributed by atoms with Gasteiger partial charge in [0, 0.05) is 61.9 Å². The number of piperazine rings is 1. The van der Waals surface area contributed by atoms with Crippen LogP contribution in [0.15, 0.2) is 52.9 Å². The lowest BCUT2D eigenvalue weighted by Crippen LogP contribution is -2.61. The number of methoxy groups -OCH3 is 2. The molecule has 14 nitrogen and oxygen atoms in total. The Labute approximate surface area is 365 Å². The number of hydrogen-bond donors (Lipinski definition) is 2. The van der Waals surface area contributed by atoms with Crippen LogP contribution in [-0.2, 0) is 36.0 Å². The lowest BCUT2D eigenvalue weighted by Gasteiger charge is -2.46. The third-order valence-corrected chi connectivity index (χ3v) is 15.6. The van der Waals surface area contributed by atoms with E-state index >= 15 is 0 Å². The van der Waals surface area contributed by atoms with Crippen molar-refractivity contribution in [2.45, 2.75) is 89.8 Å². The average molecular weight is 882 g/mol. The van der Waals surface area contributed by atoms with Crippen molar-refractivity contribution in [1.82, 2.24) is 19.8 Å². The number of ether oxygens (including phenoxy) is 3. The minimum Gasteiger partial charge on any atom is -0.490 e. The molecule has 8 atom stereocenters. The Hall–Kier alpha value is -4.34. The van der Waals surface area contributed by atoms with E-state index in [9.17, 15) is 23.4 Å². The zero-order chi connectivity index (χ0) is 43.6. The number of anilines is 1. The summed E-state index contributed by atoms with van der Waals surface area (Å²) in [5, 5.41) is 3.35. The van der Waals surface area contributed by atoms with Gasteiger partial charge in [0.05, 0.1) is 31.3 Å². The van der Waals surface area contributed by atoms with E-state index in [0.717, 1.165) is 49.4 Å². The molecule has 1 spiro atoms. The van der Waals surface area contributed by atoms with E-state index < -0.39 is 40.0 Å². The number of carbonyl (C=O) groups is 4. The second-order valence-electron chi connectivity index (χ2n) is 18.1. The van der Waals surface area contributed by atoms with Gasteiger partial charge < -0.3 is 34.2 Å². The van der Waals surface area contributed by atoms with Crippen LogP contribution in [0.5, 0.6) is 5.75 Å². The Morgan fingerprint density at radius 2 is 1.87 bits per heavy atom. The molecule has 2 N–H and O–H groups in total. The lowest BCUT2D eigenvalue weighted by molar-refractivity contribution is -0.138. The van der Waals surface area contributed by atoms with Crippen molar-refractivity contribution in [3.05, 3.63) is 70.3 Å². The summed E-state index contributed by atoms with van der Waals surface area (Å²) >= 11 is 6.48. The summed E-state index contributed by atoms with van der Waals surface area (Å²) in [6.07, 6.45) is 8.89. The number of alkyl carbamates (subject to hydrolysis) is 1. The summed E-state index contributed by atoms with van der Waals surface area (Å²) in [6.45, 7) is 9.78. The highest BCUT2D eigenvalue weighted by molar-refractivity contribution is 7.92. The summed E-state index contributed by atoms with van der Waals surface area (Å²) in [5.41, 5.74) is 3.23. The summed E-state index contributed by atoms with van der Waals surface area (Å²) in [6, 6.07) is 9.61. The number of nitrogens with zero attached hydrogens (tertiary/aromatic N) is 4. The topological polar surface area (TPSA) is 159 Å². The minimum atomic E-state index is -3.66.